The SMILES string of the molecule is CCc1ccc(N(C(=O)O)c2cccnc2)cc1. The number of nitrogens with zero attached hydrogens (tertiary/aromatic N) is 2. The average molecular weight is 242 g/mol. The second-order valence-electron chi connectivity index (χ2n) is 3.85. The number of anilines is 2. The van der Waals surface area contributed by atoms with Crippen molar-refractivity contribution in [2.75, 3.05) is 4.90 Å². The summed E-state index contributed by atoms with van der Waals surface area (Å²) in [5.41, 5.74) is 2.33. The van der Waals surface area contributed by atoms with Crippen molar-refractivity contribution in [2.24, 2.45) is 0 Å². The summed E-state index contributed by atoms with van der Waals surface area (Å²) in [5, 5.41) is 9.30. The van der Waals surface area contributed by atoms with Crippen LogP contribution in [0.15, 0.2) is 48.8 Å². The Hall–Kier alpha value is -2.36. The minimum atomic E-state index is -1.02. The van der Waals surface area contributed by atoms with Crippen molar-refractivity contribution in [3.8, 4) is 0 Å². The third-order valence-electron chi connectivity index (χ3n) is 2.70. The summed E-state index contributed by atoms with van der Waals surface area (Å²) in [5.74, 6) is 0. The number of carboxylic acid groups (broad SMARTS) is 1. The quantitative estimate of drug-likeness (QED) is 0.896. The maximum atomic E-state index is 11.4. The van der Waals surface area contributed by atoms with Gasteiger partial charge in [0.25, 0.3) is 0 Å². The molecule has 1 aromatic heterocycles. The highest BCUT2D eigenvalue weighted by atomic mass is 16.4. The van der Waals surface area contributed by atoms with Gasteiger partial charge in [-0.2, -0.15) is 0 Å². The van der Waals surface area contributed by atoms with Gasteiger partial charge in [0.1, 0.15) is 0 Å². The maximum absolute atomic E-state index is 11.4. The number of benzene rings is 1. The van der Waals surface area contributed by atoms with Crippen LogP contribution in [0.1, 0.15) is 12.5 Å². The summed E-state index contributed by atoms with van der Waals surface area (Å²) >= 11 is 0. The molecule has 0 atom stereocenters. The lowest BCUT2D eigenvalue weighted by Gasteiger charge is -2.19. The van der Waals surface area contributed by atoms with E-state index in [1.54, 1.807) is 30.5 Å². The minimum absolute atomic E-state index is 0.536. The van der Waals surface area contributed by atoms with Gasteiger partial charge in [0.05, 0.1) is 17.6 Å². The zero-order valence-corrected chi connectivity index (χ0v) is 10.1. The summed E-state index contributed by atoms with van der Waals surface area (Å²) in [4.78, 5) is 16.5. The van der Waals surface area contributed by atoms with Gasteiger partial charge in [0.2, 0.25) is 0 Å². The molecule has 0 aliphatic rings. The van der Waals surface area contributed by atoms with Crippen molar-refractivity contribution >= 4 is 17.5 Å². The molecule has 4 heteroatoms. The summed E-state index contributed by atoms with van der Waals surface area (Å²) in [7, 11) is 0. The minimum Gasteiger partial charge on any atom is -0.464 e. The molecule has 92 valence electrons. The molecule has 18 heavy (non-hydrogen) atoms. The lowest BCUT2D eigenvalue weighted by Crippen LogP contribution is -2.23. The molecule has 2 aromatic rings. The molecule has 0 fully saturated rings. The van der Waals surface area contributed by atoms with Gasteiger partial charge in [0, 0.05) is 6.20 Å². The highest BCUT2D eigenvalue weighted by Crippen LogP contribution is 2.24. The summed E-state index contributed by atoms with van der Waals surface area (Å²) < 4.78 is 0. The highest BCUT2D eigenvalue weighted by Gasteiger charge is 2.16. The highest BCUT2D eigenvalue weighted by molar-refractivity contribution is 5.94. The first-order chi connectivity index (χ1) is 8.72. The van der Waals surface area contributed by atoms with E-state index in [0.29, 0.717) is 11.4 Å². The van der Waals surface area contributed by atoms with Crippen LogP contribution in [0, 0.1) is 0 Å². The molecule has 1 N–H and O–H groups in total. The van der Waals surface area contributed by atoms with Gasteiger partial charge in [-0.1, -0.05) is 19.1 Å². The second-order valence-corrected chi connectivity index (χ2v) is 3.85. The van der Waals surface area contributed by atoms with Crippen LogP contribution in [-0.2, 0) is 6.42 Å². The van der Waals surface area contributed by atoms with Gasteiger partial charge in [-0.15, -0.1) is 0 Å². The van der Waals surface area contributed by atoms with Gasteiger partial charge >= 0.3 is 6.09 Å². The van der Waals surface area contributed by atoms with E-state index in [4.69, 9.17) is 0 Å². The Morgan fingerprint density at radius 1 is 1.22 bits per heavy atom. The Morgan fingerprint density at radius 3 is 2.44 bits per heavy atom. The molecule has 0 spiro atoms. The van der Waals surface area contributed by atoms with Gasteiger partial charge < -0.3 is 5.11 Å². The third kappa shape index (κ3) is 2.48. The topological polar surface area (TPSA) is 53.4 Å². The molecule has 1 aromatic carbocycles. The van der Waals surface area contributed by atoms with Crippen molar-refractivity contribution in [2.45, 2.75) is 13.3 Å². The second kappa shape index (κ2) is 5.31. The van der Waals surface area contributed by atoms with Gasteiger partial charge in [0.15, 0.2) is 0 Å². The number of hydrogen-bond acceptors (Lipinski definition) is 2. The summed E-state index contributed by atoms with van der Waals surface area (Å²) in [6.45, 7) is 2.06. The van der Waals surface area contributed by atoms with Crippen LogP contribution in [0.3, 0.4) is 0 Å². The Labute approximate surface area is 106 Å². The van der Waals surface area contributed by atoms with Gasteiger partial charge in [-0.25, -0.2) is 9.69 Å². The van der Waals surface area contributed by atoms with Gasteiger partial charge in [-0.3, -0.25) is 4.98 Å². The first-order valence-corrected chi connectivity index (χ1v) is 5.74. The van der Waals surface area contributed by atoms with Crippen molar-refractivity contribution in [1.29, 1.82) is 0 Å². The molecule has 2 rings (SSSR count). The van der Waals surface area contributed by atoms with Crippen molar-refractivity contribution in [1.82, 2.24) is 4.98 Å². The van der Waals surface area contributed by atoms with Crippen LogP contribution >= 0.6 is 0 Å². The van der Waals surface area contributed by atoms with Crippen LogP contribution < -0.4 is 4.90 Å². The standard InChI is InChI=1S/C14H14N2O2/c1-2-11-5-7-12(8-6-11)16(14(17)18)13-4-3-9-15-10-13/h3-10H,2H2,1H3,(H,17,18). The van der Waals surface area contributed by atoms with Crippen LogP contribution in [0.25, 0.3) is 0 Å². The number of aryl methyl sites for hydroxylation is 1. The smallest absolute Gasteiger partial charge is 0.416 e. The Bertz CT molecular complexity index is 523. The molecule has 4 nitrogen and oxygen atoms in total. The van der Waals surface area contributed by atoms with Gasteiger partial charge in [-0.05, 0) is 36.2 Å². The fourth-order valence-corrected chi connectivity index (χ4v) is 1.74. The third-order valence-corrected chi connectivity index (χ3v) is 2.70. The normalized spacial score (nSPS) is 10.1. The first-order valence-electron chi connectivity index (χ1n) is 5.74. The maximum Gasteiger partial charge on any atom is 0.416 e. The van der Waals surface area contributed by atoms with E-state index in [1.807, 2.05) is 12.1 Å². The molecule has 0 saturated carbocycles. The molecule has 0 radical (unpaired) electrons. The Morgan fingerprint density at radius 2 is 1.94 bits per heavy atom. The monoisotopic (exact) mass is 242 g/mol. The Kier molecular flexibility index (Phi) is 3.57. The zero-order chi connectivity index (χ0) is 13.0. The summed E-state index contributed by atoms with van der Waals surface area (Å²) in [6, 6.07) is 10.9. The molecule has 0 aliphatic heterocycles. The van der Waals surface area contributed by atoms with Crippen molar-refractivity contribution in [3.63, 3.8) is 0 Å². The van der Waals surface area contributed by atoms with Crippen LogP contribution in [0.4, 0.5) is 16.2 Å². The van der Waals surface area contributed by atoms with E-state index in [9.17, 15) is 9.90 Å². The van der Waals surface area contributed by atoms with E-state index in [1.165, 1.54) is 16.7 Å². The van der Waals surface area contributed by atoms with Crippen molar-refractivity contribution in [3.05, 3.63) is 54.4 Å². The van der Waals surface area contributed by atoms with Crippen molar-refractivity contribution < 1.29 is 9.90 Å². The fraction of sp³-hybridized carbons (Fsp3) is 0.143. The molecular formula is C14H14N2O2. The molecule has 0 aliphatic carbocycles. The first kappa shape index (κ1) is 12.1. The van der Waals surface area contributed by atoms with Crippen LogP contribution in [0.5, 0.6) is 0 Å². The van der Waals surface area contributed by atoms with E-state index < -0.39 is 6.09 Å². The molecule has 0 bridgehead atoms. The predicted octanol–water partition coefficient (Wildman–Crippen LogP) is 3.46. The average Bonchev–Trinajstić information content (AvgIpc) is 2.40. The van der Waals surface area contributed by atoms with Crippen LogP contribution in [-0.4, -0.2) is 16.2 Å². The fourth-order valence-electron chi connectivity index (χ4n) is 1.74. The number of carbonyl (C=O) groups is 1. The summed E-state index contributed by atoms with van der Waals surface area (Å²) in [6.07, 6.45) is 3.05. The lowest BCUT2D eigenvalue weighted by atomic mass is 10.1. The number of aromatic nitrogens is 1. The molecule has 0 unspecified atom stereocenters. The zero-order valence-electron chi connectivity index (χ0n) is 10.1. The predicted molar refractivity (Wildman–Crippen MR) is 70.2 cm³/mol. The molecular weight excluding hydrogens is 228 g/mol. The molecule has 1 heterocycles. The van der Waals surface area contributed by atoms with Crippen LogP contribution in [0.2, 0.25) is 0 Å². The van der Waals surface area contributed by atoms with E-state index in [0.717, 1.165) is 6.42 Å². The number of hydrogen-bond donors (Lipinski definition) is 1. The Balaban J connectivity index is 2.39. The largest absolute Gasteiger partial charge is 0.464 e. The van der Waals surface area contributed by atoms with E-state index >= 15 is 0 Å². The lowest BCUT2D eigenvalue weighted by molar-refractivity contribution is 0.205. The van der Waals surface area contributed by atoms with E-state index in [2.05, 4.69) is 11.9 Å². The number of amides is 1. The number of rotatable bonds is 3. The van der Waals surface area contributed by atoms with E-state index in [-0.39, 0.29) is 0 Å². The molecule has 0 saturated heterocycles. The molecule has 1 amide bonds. The number of pyridine rings is 1.